The van der Waals surface area contributed by atoms with Gasteiger partial charge in [0.25, 0.3) is 11.8 Å². The van der Waals surface area contributed by atoms with Gasteiger partial charge in [0, 0.05) is 55.0 Å². The summed E-state index contributed by atoms with van der Waals surface area (Å²) in [5.41, 5.74) is 1.02. The maximum Gasteiger partial charge on any atom is 0.264 e. The highest BCUT2D eigenvalue weighted by molar-refractivity contribution is 7.21. The molecule has 0 atom stereocenters. The van der Waals surface area contributed by atoms with E-state index in [2.05, 4.69) is 0 Å². The van der Waals surface area contributed by atoms with Crippen LogP contribution in [0.2, 0.25) is 0 Å². The second-order valence-electron chi connectivity index (χ2n) is 7.61. The van der Waals surface area contributed by atoms with Crippen molar-refractivity contribution in [3.8, 4) is 11.5 Å². The van der Waals surface area contributed by atoms with E-state index in [1.165, 1.54) is 31.6 Å². The van der Waals surface area contributed by atoms with Crippen molar-refractivity contribution < 1.29 is 28.2 Å². The lowest BCUT2D eigenvalue weighted by Crippen LogP contribution is -2.50. The van der Waals surface area contributed by atoms with Crippen molar-refractivity contribution >= 4 is 33.2 Å². The number of nitrogens with zero attached hydrogens (tertiary/aromatic N) is 2. The van der Waals surface area contributed by atoms with Crippen molar-refractivity contribution in [3.63, 3.8) is 0 Å². The predicted octanol–water partition coefficient (Wildman–Crippen LogP) is 3.80. The van der Waals surface area contributed by atoms with Crippen LogP contribution in [0.1, 0.15) is 25.6 Å². The topological polar surface area (TPSA) is 68.3 Å². The molecule has 33 heavy (non-hydrogen) atoms. The molecule has 2 heterocycles. The Morgan fingerprint density at radius 1 is 0.970 bits per heavy atom. The Labute approximate surface area is 195 Å². The lowest BCUT2D eigenvalue weighted by atomic mass is 10.1. The van der Waals surface area contributed by atoms with Gasteiger partial charge in [0.1, 0.15) is 17.3 Å². The molecule has 7 nitrogen and oxygen atoms in total. The summed E-state index contributed by atoms with van der Waals surface area (Å²) >= 11 is 1.27. The largest absolute Gasteiger partial charge is 0.497 e. The summed E-state index contributed by atoms with van der Waals surface area (Å²) in [4.78, 5) is 30.3. The highest BCUT2D eigenvalue weighted by atomic mass is 32.1. The first kappa shape index (κ1) is 23.0. The molecule has 9 heteroatoms. The van der Waals surface area contributed by atoms with Crippen LogP contribution < -0.4 is 9.47 Å². The summed E-state index contributed by atoms with van der Waals surface area (Å²) < 4.78 is 31.0. The summed E-state index contributed by atoms with van der Waals surface area (Å²) in [6.45, 7) is 1.69. The molecule has 1 aromatic heterocycles. The molecule has 1 aliphatic rings. The fourth-order valence-electron chi connectivity index (χ4n) is 4.02. The lowest BCUT2D eigenvalue weighted by molar-refractivity contribution is 0.0534. The second kappa shape index (κ2) is 9.76. The second-order valence-corrected chi connectivity index (χ2v) is 8.66. The Balaban J connectivity index is 1.51. The number of amides is 2. The molecule has 4 rings (SSSR count). The molecule has 0 spiro atoms. The van der Waals surface area contributed by atoms with Gasteiger partial charge in [-0.05, 0) is 24.3 Å². The number of fused-ring (bicyclic) bond motifs is 1. The molecule has 3 aromatic rings. The van der Waals surface area contributed by atoms with E-state index in [1.807, 2.05) is 0 Å². The summed E-state index contributed by atoms with van der Waals surface area (Å²) in [5, 5.41) is 0.438. The monoisotopic (exact) mass is 472 g/mol. The first-order chi connectivity index (χ1) is 16.0. The minimum atomic E-state index is -0.362. The van der Waals surface area contributed by atoms with Gasteiger partial charge in [-0.25, -0.2) is 4.39 Å². The van der Waals surface area contributed by atoms with Gasteiger partial charge < -0.3 is 24.0 Å². The number of thiophene rings is 1. The number of carbonyl (C=O) groups excluding carboxylic acids is 2. The van der Waals surface area contributed by atoms with Gasteiger partial charge in [-0.3, -0.25) is 9.59 Å². The summed E-state index contributed by atoms with van der Waals surface area (Å²) in [6.07, 6.45) is 0. The van der Waals surface area contributed by atoms with Crippen LogP contribution in [-0.2, 0) is 11.3 Å². The summed E-state index contributed by atoms with van der Waals surface area (Å²) in [5.74, 6) is 0.348. The molecule has 0 bridgehead atoms. The van der Waals surface area contributed by atoms with E-state index >= 15 is 0 Å². The van der Waals surface area contributed by atoms with Crippen molar-refractivity contribution in [2.75, 3.05) is 47.5 Å². The van der Waals surface area contributed by atoms with Gasteiger partial charge in [-0.2, -0.15) is 0 Å². The summed E-state index contributed by atoms with van der Waals surface area (Å²) in [7, 11) is 4.58. The Hall–Kier alpha value is -3.17. The molecular weight excluding hydrogens is 447 g/mol. The number of hydrogen-bond acceptors (Lipinski definition) is 6. The smallest absolute Gasteiger partial charge is 0.264 e. The molecule has 0 N–H and O–H groups in total. The third kappa shape index (κ3) is 4.38. The molecule has 0 aliphatic carbocycles. The van der Waals surface area contributed by atoms with Crippen LogP contribution >= 0.6 is 11.3 Å². The highest BCUT2D eigenvalue weighted by Crippen LogP contribution is 2.35. The average Bonchev–Trinajstić information content (AvgIpc) is 3.22. The van der Waals surface area contributed by atoms with Gasteiger partial charge >= 0.3 is 0 Å². The van der Waals surface area contributed by atoms with Gasteiger partial charge in [-0.15, -0.1) is 11.3 Å². The zero-order chi connectivity index (χ0) is 23.5. The maximum atomic E-state index is 14.5. The van der Waals surface area contributed by atoms with Crippen LogP contribution in [0.5, 0.6) is 11.5 Å². The number of ether oxygens (including phenoxy) is 3. The molecule has 2 amide bonds. The maximum absolute atomic E-state index is 14.5. The van der Waals surface area contributed by atoms with Crippen molar-refractivity contribution in [3.05, 3.63) is 58.2 Å². The number of methoxy groups -OCH3 is 3. The number of halogens is 1. The van der Waals surface area contributed by atoms with E-state index in [4.69, 9.17) is 14.2 Å². The van der Waals surface area contributed by atoms with Gasteiger partial charge in [-0.1, -0.05) is 6.07 Å². The molecule has 0 unspecified atom stereocenters. The standard InChI is InChI=1S/C24H25FN2O5S/c1-30-14-17-21-18(25)5-4-6-20(21)33-22(17)24(29)27-11-9-26(10-12-27)23(28)16-8-7-15(31-2)13-19(16)32-3/h4-8,13H,9-12,14H2,1-3H3. The number of hydrogen-bond donors (Lipinski definition) is 0. The number of rotatable bonds is 6. The molecule has 174 valence electrons. The van der Waals surface area contributed by atoms with E-state index in [0.29, 0.717) is 63.8 Å². The molecular formula is C24H25FN2O5S. The molecule has 1 saturated heterocycles. The van der Waals surface area contributed by atoms with E-state index < -0.39 is 0 Å². The third-order valence-corrected chi connectivity index (χ3v) is 6.92. The normalized spacial score (nSPS) is 13.9. The predicted molar refractivity (Wildman–Crippen MR) is 124 cm³/mol. The Morgan fingerprint density at radius 3 is 2.30 bits per heavy atom. The number of benzene rings is 2. The van der Waals surface area contributed by atoms with Crippen LogP contribution in [0.3, 0.4) is 0 Å². The van der Waals surface area contributed by atoms with Crippen molar-refractivity contribution in [2.24, 2.45) is 0 Å². The van der Waals surface area contributed by atoms with Gasteiger partial charge in [0.2, 0.25) is 0 Å². The van der Waals surface area contributed by atoms with Gasteiger partial charge in [0.05, 0.1) is 31.3 Å². The van der Waals surface area contributed by atoms with Crippen molar-refractivity contribution in [1.82, 2.24) is 9.80 Å². The van der Waals surface area contributed by atoms with Crippen LogP contribution in [0.25, 0.3) is 10.1 Å². The molecule has 0 saturated carbocycles. The number of piperazine rings is 1. The first-order valence-electron chi connectivity index (χ1n) is 10.5. The fraction of sp³-hybridized carbons (Fsp3) is 0.333. The van der Waals surface area contributed by atoms with Gasteiger partial charge in [0.15, 0.2) is 0 Å². The molecule has 1 fully saturated rings. The lowest BCUT2D eigenvalue weighted by Gasteiger charge is -2.35. The van der Waals surface area contributed by atoms with E-state index in [-0.39, 0.29) is 24.2 Å². The van der Waals surface area contributed by atoms with Crippen molar-refractivity contribution in [2.45, 2.75) is 6.61 Å². The molecule has 1 aliphatic heterocycles. The highest BCUT2D eigenvalue weighted by Gasteiger charge is 2.30. The minimum absolute atomic E-state index is 0.151. The van der Waals surface area contributed by atoms with Crippen molar-refractivity contribution in [1.29, 1.82) is 0 Å². The SMILES string of the molecule is COCc1c(C(=O)N2CCN(C(=O)c3ccc(OC)cc3OC)CC2)sc2cccc(F)c12. The zero-order valence-corrected chi connectivity index (χ0v) is 19.5. The first-order valence-corrected chi connectivity index (χ1v) is 11.3. The summed E-state index contributed by atoms with van der Waals surface area (Å²) in [6, 6.07) is 9.90. The zero-order valence-electron chi connectivity index (χ0n) is 18.7. The fourth-order valence-corrected chi connectivity index (χ4v) is 5.21. The minimum Gasteiger partial charge on any atom is -0.497 e. The van der Waals surface area contributed by atoms with E-state index in [9.17, 15) is 14.0 Å². The third-order valence-electron chi connectivity index (χ3n) is 5.74. The van der Waals surface area contributed by atoms with E-state index in [1.54, 1.807) is 47.2 Å². The molecule has 2 aromatic carbocycles. The van der Waals surface area contributed by atoms with Crippen LogP contribution in [0, 0.1) is 5.82 Å². The average molecular weight is 473 g/mol. The van der Waals surface area contributed by atoms with E-state index in [0.717, 1.165) is 0 Å². The van der Waals surface area contributed by atoms with Crippen LogP contribution in [0.4, 0.5) is 4.39 Å². The van der Waals surface area contributed by atoms with Crippen LogP contribution in [0.15, 0.2) is 36.4 Å². The Bertz CT molecular complexity index is 1190. The van der Waals surface area contributed by atoms with Crippen LogP contribution in [-0.4, -0.2) is 69.1 Å². The quantitative estimate of drug-likeness (QED) is 0.546. The molecule has 0 radical (unpaired) electrons. The Morgan fingerprint density at radius 2 is 1.67 bits per heavy atom. The number of carbonyl (C=O) groups is 2. The Kier molecular flexibility index (Phi) is 6.80.